The largest absolute Gasteiger partial charge is 0.329 e. The Labute approximate surface area is 59.9 Å². The van der Waals surface area contributed by atoms with Crippen LogP contribution in [0.3, 0.4) is 0 Å². The number of likely N-dealkylation sites (N-methyl/N-ethyl adjacent to an activating group) is 1. The highest BCUT2D eigenvalue weighted by Crippen LogP contribution is 1.88. The molecular formula is C5H13N2O3+. The molecule has 0 saturated heterocycles. The normalized spacial score (nSPS) is 11.1. The van der Waals surface area contributed by atoms with Gasteiger partial charge in [0.05, 0.1) is 21.1 Å². The van der Waals surface area contributed by atoms with Gasteiger partial charge in [-0.15, -0.1) is 10.1 Å². The summed E-state index contributed by atoms with van der Waals surface area (Å²) in [5, 5.41) is 8.89. The minimum atomic E-state index is -0.768. The molecule has 0 aromatic heterocycles. The van der Waals surface area contributed by atoms with E-state index in [9.17, 15) is 10.1 Å². The maximum atomic E-state index is 9.66. The molecule has 0 aliphatic rings. The van der Waals surface area contributed by atoms with Crippen LogP contribution in [0.25, 0.3) is 0 Å². The molecule has 0 spiro atoms. The molecular weight excluding hydrogens is 136 g/mol. The second-order valence-electron chi connectivity index (χ2n) is 3.07. The Bertz CT molecular complexity index is 119. The molecule has 60 valence electrons. The number of rotatable bonds is 4. The second-order valence-corrected chi connectivity index (χ2v) is 3.07. The number of quaternary nitrogens is 1. The fraction of sp³-hybridized carbons (Fsp3) is 1.00. The fourth-order valence-corrected chi connectivity index (χ4v) is 0.389. The molecule has 0 heterocycles. The lowest BCUT2D eigenvalue weighted by Crippen LogP contribution is -2.37. The van der Waals surface area contributed by atoms with Crippen molar-refractivity contribution in [1.82, 2.24) is 0 Å². The summed E-state index contributed by atoms with van der Waals surface area (Å²) < 4.78 is 0.674. The predicted octanol–water partition coefficient (Wildman–Crippen LogP) is -0.0991. The van der Waals surface area contributed by atoms with E-state index in [-0.39, 0.29) is 6.61 Å². The van der Waals surface area contributed by atoms with Crippen LogP contribution in [0.2, 0.25) is 0 Å². The summed E-state index contributed by atoms with van der Waals surface area (Å²) >= 11 is 0. The Hall–Kier alpha value is -0.840. The summed E-state index contributed by atoms with van der Waals surface area (Å²) in [6.45, 7) is 0.803. The van der Waals surface area contributed by atoms with Crippen molar-refractivity contribution in [3.05, 3.63) is 10.1 Å². The van der Waals surface area contributed by atoms with Gasteiger partial charge in [-0.25, -0.2) is 0 Å². The molecule has 0 saturated carbocycles. The summed E-state index contributed by atoms with van der Waals surface area (Å²) in [4.78, 5) is 13.8. The van der Waals surface area contributed by atoms with Crippen molar-refractivity contribution >= 4 is 0 Å². The highest BCUT2D eigenvalue weighted by atomic mass is 16.9. The SMILES string of the molecule is C[N+](C)(C)CCO[N+](=O)[O-]. The molecule has 0 aliphatic heterocycles. The zero-order chi connectivity index (χ0) is 8.20. The van der Waals surface area contributed by atoms with Crippen molar-refractivity contribution in [3.8, 4) is 0 Å². The third-order valence-electron chi connectivity index (χ3n) is 0.959. The fourth-order valence-electron chi connectivity index (χ4n) is 0.389. The highest BCUT2D eigenvalue weighted by molar-refractivity contribution is 4.21. The van der Waals surface area contributed by atoms with E-state index < -0.39 is 5.09 Å². The Morgan fingerprint density at radius 1 is 1.50 bits per heavy atom. The van der Waals surface area contributed by atoms with E-state index in [4.69, 9.17) is 0 Å². The lowest BCUT2D eigenvalue weighted by Gasteiger charge is -2.22. The number of nitrogens with zero attached hydrogens (tertiary/aromatic N) is 2. The van der Waals surface area contributed by atoms with Crippen LogP contribution in [0, 0.1) is 10.1 Å². The molecule has 0 aromatic carbocycles. The van der Waals surface area contributed by atoms with Crippen molar-refractivity contribution in [2.75, 3.05) is 34.3 Å². The Morgan fingerprint density at radius 2 is 2.00 bits per heavy atom. The van der Waals surface area contributed by atoms with Crippen LogP contribution in [0.4, 0.5) is 0 Å². The molecule has 0 unspecified atom stereocenters. The maximum Gasteiger partial charge on any atom is 0.294 e. The van der Waals surface area contributed by atoms with Crippen LogP contribution in [0.1, 0.15) is 0 Å². The van der Waals surface area contributed by atoms with Gasteiger partial charge in [-0.1, -0.05) is 0 Å². The van der Waals surface area contributed by atoms with E-state index in [0.29, 0.717) is 11.0 Å². The van der Waals surface area contributed by atoms with E-state index in [1.807, 2.05) is 21.1 Å². The van der Waals surface area contributed by atoms with Gasteiger partial charge >= 0.3 is 0 Å². The van der Waals surface area contributed by atoms with Gasteiger partial charge in [0.25, 0.3) is 5.09 Å². The van der Waals surface area contributed by atoms with E-state index in [2.05, 4.69) is 4.84 Å². The Balaban J connectivity index is 3.29. The molecule has 0 N–H and O–H groups in total. The first-order valence-corrected chi connectivity index (χ1v) is 2.99. The Morgan fingerprint density at radius 3 is 2.30 bits per heavy atom. The molecule has 10 heavy (non-hydrogen) atoms. The molecule has 0 aliphatic carbocycles. The zero-order valence-corrected chi connectivity index (χ0v) is 6.53. The number of hydrogen-bond donors (Lipinski definition) is 0. The van der Waals surface area contributed by atoms with Crippen LogP contribution in [0.5, 0.6) is 0 Å². The molecule has 0 aromatic rings. The lowest BCUT2D eigenvalue weighted by molar-refractivity contribution is -0.879. The van der Waals surface area contributed by atoms with Crippen molar-refractivity contribution in [2.24, 2.45) is 0 Å². The monoisotopic (exact) mass is 149 g/mol. The van der Waals surface area contributed by atoms with Gasteiger partial charge in [0.1, 0.15) is 13.2 Å². The molecule has 0 rings (SSSR count). The van der Waals surface area contributed by atoms with Gasteiger partial charge in [0, 0.05) is 0 Å². The summed E-state index contributed by atoms with van der Waals surface area (Å²) in [6, 6.07) is 0. The van der Waals surface area contributed by atoms with Gasteiger partial charge in [0.15, 0.2) is 0 Å². The third-order valence-corrected chi connectivity index (χ3v) is 0.959. The van der Waals surface area contributed by atoms with Crippen molar-refractivity contribution in [1.29, 1.82) is 0 Å². The summed E-state index contributed by atoms with van der Waals surface area (Å²) in [7, 11) is 5.84. The molecule has 0 atom stereocenters. The molecule has 0 fully saturated rings. The standard InChI is InChI=1S/C5H13N2O3/c1-7(2,3)4-5-10-6(8)9/h4-5H2,1-3H3/q+1. The molecule has 0 amide bonds. The quantitative estimate of drug-likeness (QED) is 0.318. The van der Waals surface area contributed by atoms with Crippen molar-refractivity contribution in [2.45, 2.75) is 0 Å². The van der Waals surface area contributed by atoms with Gasteiger partial charge < -0.3 is 9.32 Å². The number of hydrogen-bond acceptors (Lipinski definition) is 3. The Kier molecular flexibility index (Phi) is 3.08. The van der Waals surface area contributed by atoms with Gasteiger partial charge in [-0.3, -0.25) is 0 Å². The van der Waals surface area contributed by atoms with Crippen LogP contribution >= 0.6 is 0 Å². The average Bonchev–Trinajstić information content (AvgIpc) is 1.59. The van der Waals surface area contributed by atoms with Crippen LogP contribution in [-0.2, 0) is 4.84 Å². The van der Waals surface area contributed by atoms with Gasteiger partial charge in [-0.05, 0) is 0 Å². The summed E-state index contributed by atoms with van der Waals surface area (Å²) in [5.41, 5.74) is 0. The summed E-state index contributed by atoms with van der Waals surface area (Å²) in [6.07, 6.45) is 0. The van der Waals surface area contributed by atoms with Gasteiger partial charge in [0.2, 0.25) is 0 Å². The van der Waals surface area contributed by atoms with Crippen molar-refractivity contribution in [3.63, 3.8) is 0 Å². The second kappa shape index (κ2) is 3.36. The topological polar surface area (TPSA) is 52.4 Å². The minimum absolute atomic E-state index is 0.163. The van der Waals surface area contributed by atoms with Crippen molar-refractivity contribution < 1.29 is 14.4 Å². The van der Waals surface area contributed by atoms with E-state index in [1.54, 1.807) is 0 Å². The first-order valence-electron chi connectivity index (χ1n) is 2.99. The average molecular weight is 149 g/mol. The van der Waals surface area contributed by atoms with Crippen LogP contribution in [0.15, 0.2) is 0 Å². The maximum absolute atomic E-state index is 9.66. The minimum Gasteiger partial charge on any atom is -0.329 e. The lowest BCUT2D eigenvalue weighted by atomic mass is 10.5. The van der Waals surface area contributed by atoms with E-state index in [0.717, 1.165) is 0 Å². The smallest absolute Gasteiger partial charge is 0.294 e. The summed E-state index contributed by atoms with van der Waals surface area (Å²) in [5.74, 6) is 0. The first kappa shape index (κ1) is 9.16. The molecule has 0 radical (unpaired) electrons. The zero-order valence-electron chi connectivity index (χ0n) is 6.53. The van der Waals surface area contributed by atoms with E-state index >= 15 is 0 Å². The van der Waals surface area contributed by atoms with Crippen LogP contribution in [-0.4, -0.2) is 43.9 Å². The highest BCUT2D eigenvalue weighted by Gasteiger charge is 2.06. The first-order chi connectivity index (χ1) is 4.42. The third kappa shape index (κ3) is 7.16. The molecule has 5 nitrogen and oxygen atoms in total. The van der Waals surface area contributed by atoms with E-state index in [1.165, 1.54) is 0 Å². The predicted molar refractivity (Wildman–Crippen MR) is 35.8 cm³/mol. The van der Waals surface area contributed by atoms with Crippen LogP contribution < -0.4 is 0 Å². The van der Waals surface area contributed by atoms with Gasteiger partial charge in [-0.2, -0.15) is 0 Å². The molecule has 5 heteroatoms. The molecule has 0 bridgehead atoms.